The van der Waals surface area contributed by atoms with E-state index in [4.69, 9.17) is 4.42 Å². The number of furan rings is 1. The number of hydrogen-bond donors (Lipinski definition) is 2. The van der Waals surface area contributed by atoms with Crippen LogP contribution in [-0.2, 0) is 16.1 Å². The summed E-state index contributed by atoms with van der Waals surface area (Å²) in [6.07, 6.45) is 1.80. The van der Waals surface area contributed by atoms with E-state index in [1.807, 2.05) is 24.3 Å². The van der Waals surface area contributed by atoms with E-state index in [1.165, 1.54) is 17.6 Å². The van der Waals surface area contributed by atoms with E-state index in [-0.39, 0.29) is 31.2 Å². The number of carbonyl (C=O) groups excluding carboxylic acids is 3. The first-order valence-electron chi connectivity index (χ1n) is 8.40. The lowest BCUT2D eigenvalue weighted by Crippen LogP contribution is -2.31. The number of thiazole rings is 1. The smallest absolute Gasteiger partial charge is 0.325 e. The molecule has 0 aliphatic carbocycles. The number of aromatic nitrogens is 1. The molecule has 27 heavy (non-hydrogen) atoms. The van der Waals surface area contributed by atoms with Crippen molar-refractivity contribution >= 4 is 44.5 Å². The van der Waals surface area contributed by atoms with Gasteiger partial charge in [-0.15, -0.1) is 0 Å². The highest BCUT2D eigenvalue weighted by Gasteiger charge is 2.38. The molecule has 1 saturated heterocycles. The fourth-order valence-corrected chi connectivity index (χ4v) is 3.75. The van der Waals surface area contributed by atoms with Gasteiger partial charge in [0.05, 0.1) is 23.0 Å². The maximum atomic E-state index is 12.4. The largest absolute Gasteiger partial charge is 0.467 e. The molecule has 0 saturated carbocycles. The molecule has 1 aliphatic rings. The second kappa shape index (κ2) is 7.20. The third-order valence-electron chi connectivity index (χ3n) is 4.20. The quantitative estimate of drug-likeness (QED) is 0.636. The molecule has 138 valence electrons. The number of nitrogens with one attached hydrogen (secondary N) is 2. The van der Waals surface area contributed by atoms with Gasteiger partial charge in [-0.3, -0.25) is 14.5 Å². The average Bonchev–Trinajstić information content (AvgIpc) is 3.36. The van der Waals surface area contributed by atoms with Crippen molar-refractivity contribution in [3.63, 3.8) is 0 Å². The van der Waals surface area contributed by atoms with Gasteiger partial charge in [-0.25, -0.2) is 9.78 Å². The number of benzene rings is 1. The van der Waals surface area contributed by atoms with E-state index < -0.39 is 12.1 Å². The highest BCUT2D eigenvalue weighted by Crippen LogP contribution is 2.25. The zero-order chi connectivity index (χ0) is 18.8. The summed E-state index contributed by atoms with van der Waals surface area (Å²) in [6, 6.07) is 9.80. The number of urea groups is 1. The van der Waals surface area contributed by atoms with Gasteiger partial charge in [-0.2, -0.15) is 0 Å². The van der Waals surface area contributed by atoms with Crippen molar-refractivity contribution in [3.05, 3.63) is 48.4 Å². The highest BCUT2D eigenvalue weighted by atomic mass is 32.1. The number of carbonyl (C=O) groups is 3. The second-order valence-electron chi connectivity index (χ2n) is 6.08. The Kier molecular flexibility index (Phi) is 4.59. The Morgan fingerprint density at radius 2 is 2.11 bits per heavy atom. The van der Waals surface area contributed by atoms with Crippen molar-refractivity contribution in [2.45, 2.75) is 25.4 Å². The molecule has 2 aromatic heterocycles. The summed E-state index contributed by atoms with van der Waals surface area (Å²) in [5, 5.41) is 5.87. The van der Waals surface area contributed by atoms with E-state index in [9.17, 15) is 14.4 Å². The summed E-state index contributed by atoms with van der Waals surface area (Å²) >= 11 is 1.39. The number of hydrogen-bond acceptors (Lipinski definition) is 6. The molecule has 2 N–H and O–H groups in total. The van der Waals surface area contributed by atoms with Gasteiger partial charge in [-0.1, -0.05) is 23.5 Å². The Morgan fingerprint density at radius 1 is 1.26 bits per heavy atom. The summed E-state index contributed by atoms with van der Waals surface area (Å²) in [5.41, 5.74) is 0.824. The van der Waals surface area contributed by atoms with Gasteiger partial charge in [0.15, 0.2) is 5.13 Å². The van der Waals surface area contributed by atoms with E-state index in [1.54, 1.807) is 12.1 Å². The van der Waals surface area contributed by atoms with Gasteiger partial charge in [0.2, 0.25) is 5.91 Å². The van der Waals surface area contributed by atoms with Crippen LogP contribution in [0.3, 0.4) is 0 Å². The van der Waals surface area contributed by atoms with Gasteiger partial charge < -0.3 is 15.1 Å². The Morgan fingerprint density at radius 3 is 2.89 bits per heavy atom. The van der Waals surface area contributed by atoms with Crippen molar-refractivity contribution < 1.29 is 18.8 Å². The Balaban J connectivity index is 1.32. The van der Waals surface area contributed by atoms with Crippen LogP contribution < -0.4 is 10.6 Å². The molecule has 1 unspecified atom stereocenters. The molecule has 4 amide bonds. The molecular weight excluding hydrogens is 368 g/mol. The van der Waals surface area contributed by atoms with Crippen LogP contribution >= 0.6 is 11.3 Å². The third kappa shape index (κ3) is 3.68. The first-order valence-corrected chi connectivity index (χ1v) is 9.21. The molecule has 0 bridgehead atoms. The lowest BCUT2D eigenvalue weighted by molar-refractivity contribution is -0.128. The second-order valence-corrected chi connectivity index (χ2v) is 7.11. The number of anilines is 1. The fraction of sp³-hybridized carbons (Fsp3) is 0.222. The zero-order valence-corrected chi connectivity index (χ0v) is 15.0. The van der Waals surface area contributed by atoms with Crippen LogP contribution in [0.25, 0.3) is 10.2 Å². The van der Waals surface area contributed by atoms with Gasteiger partial charge >= 0.3 is 6.03 Å². The normalized spacial score (nSPS) is 16.7. The van der Waals surface area contributed by atoms with E-state index in [0.29, 0.717) is 10.9 Å². The fourth-order valence-electron chi connectivity index (χ4n) is 2.86. The lowest BCUT2D eigenvalue weighted by Gasteiger charge is -2.11. The van der Waals surface area contributed by atoms with Crippen LogP contribution in [0.1, 0.15) is 18.6 Å². The molecule has 9 heteroatoms. The van der Waals surface area contributed by atoms with Gasteiger partial charge in [0.25, 0.3) is 5.91 Å². The standard InChI is InChI=1S/C18H16N4O4S/c23-15(21-17-19-12-5-1-2-6-14(12)27-17)8-7-13-16(24)22(18(25)20-13)10-11-4-3-9-26-11/h1-6,9,13H,7-8,10H2,(H,20,25)(H,19,21,23). The molecule has 8 nitrogen and oxygen atoms in total. The molecular formula is C18H16N4O4S. The summed E-state index contributed by atoms with van der Waals surface area (Å²) in [6.45, 7) is 0.0755. The van der Waals surface area contributed by atoms with Gasteiger partial charge in [0.1, 0.15) is 11.8 Å². The SMILES string of the molecule is O=C(CCC1NC(=O)N(Cc2ccco2)C1=O)Nc1nc2ccccc2s1. The monoisotopic (exact) mass is 384 g/mol. The predicted molar refractivity (Wildman–Crippen MR) is 99.1 cm³/mol. The van der Waals surface area contributed by atoms with Crippen LogP contribution in [0.5, 0.6) is 0 Å². The van der Waals surface area contributed by atoms with Crippen molar-refractivity contribution in [1.82, 2.24) is 15.2 Å². The van der Waals surface area contributed by atoms with Crippen molar-refractivity contribution in [2.75, 3.05) is 5.32 Å². The number of rotatable bonds is 6. The zero-order valence-electron chi connectivity index (χ0n) is 14.2. The number of nitrogens with zero attached hydrogens (tertiary/aromatic N) is 2. The van der Waals surface area contributed by atoms with Crippen LogP contribution in [0.2, 0.25) is 0 Å². The molecule has 0 spiro atoms. The number of fused-ring (bicyclic) bond motifs is 1. The van der Waals surface area contributed by atoms with Crippen LogP contribution in [-0.4, -0.2) is 33.8 Å². The minimum absolute atomic E-state index is 0.0755. The predicted octanol–water partition coefficient (Wildman–Crippen LogP) is 2.73. The molecule has 1 aromatic carbocycles. The molecule has 1 fully saturated rings. The first-order chi connectivity index (χ1) is 13.1. The topological polar surface area (TPSA) is 105 Å². The van der Waals surface area contributed by atoms with E-state index in [0.717, 1.165) is 15.1 Å². The van der Waals surface area contributed by atoms with Crippen LogP contribution in [0, 0.1) is 0 Å². The number of amides is 4. The number of imide groups is 1. The lowest BCUT2D eigenvalue weighted by atomic mass is 10.1. The molecule has 3 heterocycles. The molecule has 4 rings (SSSR count). The van der Waals surface area contributed by atoms with Gasteiger partial charge in [0, 0.05) is 6.42 Å². The van der Waals surface area contributed by atoms with E-state index >= 15 is 0 Å². The van der Waals surface area contributed by atoms with E-state index in [2.05, 4.69) is 15.6 Å². The van der Waals surface area contributed by atoms with Crippen LogP contribution in [0.4, 0.5) is 9.93 Å². The Bertz CT molecular complexity index is 965. The van der Waals surface area contributed by atoms with Crippen molar-refractivity contribution in [1.29, 1.82) is 0 Å². The van der Waals surface area contributed by atoms with Crippen LogP contribution in [0.15, 0.2) is 47.1 Å². The summed E-state index contributed by atoms with van der Waals surface area (Å²) in [7, 11) is 0. The highest BCUT2D eigenvalue weighted by molar-refractivity contribution is 7.22. The number of para-hydroxylation sites is 1. The Labute approximate surface area is 158 Å². The molecule has 0 radical (unpaired) electrons. The van der Waals surface area contributed by atoms with Crippen molar-refractivity contribution in [3.8, 4) is 0 Å². The maximum Gasteiger partial charge on any atom is 0.325 e. The molecule has 1 atom stereocenters. The minimum Gasteiger partial charge on any atom is -0.467 e. The summed E-state index contributed by atoms with van der Waals surface area (Å²) < 4.78 is 6.16. The average molecular weight is 384 g/mol. The summed E-state index contributed by atoms with van der Waals surface area (Å²) in [4.78, 5) is 42.0. The minimum atomic E-state index is -0.714. The van der Waals surface area contributed by atoms with Gasteiger partial charge in [-0.05, 0) is 30.7 Å². The summed E-state index contributed by atoms with van der Waals surface area (Å²) in [5.74, 6) is -0.0856. The van der Waals surface area contributed by atoms with Crippen molar-refractivity contribution in [2.24, 2.45) is 0 Å². The molecule has 1 aliphatic heterocycles. The Hall–Kier alpha value is -3.20. The molecule has 3 aromatic rings. The maximum absolute atomic E-state index is 12.4. The third-order valence-corrected chi connectivity index (χ3v) is 5.15. The first kappa shape index (κ1) is 17.2.